The molecule has 2 saturated heterocycles. The number of aliphatic imine (C=N–C) groups is 1. The minimum Gasteiger partial charge on any atom is -0.444 e. The van der Waals surface area contributed by atoms with Crippen molar-refractivity contribution in [2.45, 2.75) is 51.7 Å². The van der Waals surface area contributed by atoms with Crippen LogP contribution in [0.1, 0.15) is 40.0 Å². The Morgan fingerprint density at radius 1 is 1.15 bits per heavy atom. The minimum atomic E-state index is -0.471. The third-order valence-electron chi connectivity index (χ3n) is 4.35. The minimum absolute atomic E-state index is 0. The quantitative estimate of drug-likeness (QED) is 0.270. The number of piperazine rings is 1. The molecule has 2 aliphatic heterocycles. The summed E-state index contributed by atoms with van der Waals surface area (Å²) in [5.74, 6) is 0.542. The topological polar surface area (TPSA) is 89.6 Å². The molecular weight excluding hydrogens is 463 g/mol. The van der Waals surface area contributed by atoms with E-state index in [1.54, 1.807) is 4.90 Å². The van der Waals surface area contributed by atoms with Crippen molar-refractivity contribution in [3.05, 3.63) is 0 Å². The fourth-order valence-electron chi connectivity index (χ4n) is 2.90. The molecule has 0 atom stereocenters. The van der Waals surface area contributed by atoms with Crippen molar-refractivity contribution >= 4 is 36.0 Å². The summed E-state index contributed by atoms with van der Waals surface area (Å²) in [4.78, 5) is 20.2. The summed E-state index contributed by atoms with van der Waals surface area (Å²) in [6, 6.07) is 0. The van der Waals surface area contributed by atoms with E-state index in [9.17, 15) is 4.79 Å². The number of hydrogen-bond acceptors (Lipinski definition) is 5. The molecule has 0 spiro atoms. The van der Waals surface area contributed by atoms with E-state index in [0.29, 0.717) is 51.4 Å². The van der Waals surface area contributed by atoms with Crippen LogP contribution in [0.2, 0.25) is 0 Å². The molecule has 9 heteroatoms. The summed E-state index contributed by atoms with van der Waals surface area (Å²) in [5, 5.41) is 0. The molecule has 2 rings (SSSR count). The first kappa shape index (κ1) is 24.2. The number of halogens is 1. The lowest BCUT2D eigenvalue weighted by Gasteiger charge is -2.36. The number of carbonyl (C=O) groups excluding carboxylic acids is 1. The number of carbonyl (C=O) groups is 1. The Bertz CT molecular complexity index is 470. The maximum Gasteiger partial charge on any atom is 0.410 e. The van der Waals surface area contributed by atoms with Crippen molar-refractivity contribution < 1.29 is 19.0 Å². The van der Waals surface area contributed by atoms with Crippen LogP contribution in [0.5, 0.6) is 0 Å². The zero-order valence-electron chi connectivity index (χ0n) is 16.8. The maximum absolute atomic E-state index is 12.1. The molecule has 0 saturated carbocycles. The Labute approximate surface area is 179 Å². The van der Waals surface area contributed by atoms with Gasteiger partial charge in [-0.2, -0.15) is 0 Å². The Morgan fingerprint density at radius 3 is 2.33 bits per heavy atom. The maximum atomic E-state index is 12.1. The van der Waals surface area contributed by atoms with E-state index in [4.69, 9.17) is 19.9 Å². The van der Waals surface area contributed by atoms with Crippen molar-refractivity contribution in [2.24, 2.45) is 10.7 Å². The molecule has 0 aliphatic carbocycles. The van der Waals surface area contributed by atoms with Crippen LogP contribution in [0, 0.1) is 0 Å². The SMILES string of the molecule is CC(C)(C)OC(=O)N1CCN(C(N)=NCCCOC2CCOCC2)CC1.I. The van der Waals surface area contributed by atoms with Gasteiger partial charge in [-0.1, -0.05) is 0 Å². The third kappa shape index (κ3) is 9.29. The van der Waals surface area contributed by atoms with Gasteiger partial charge >= 0.3 is 6.09 Å². The van der Waals surface area contributed by atoms with Gasteiger partial charge in [0.1, 0.15) is 5.60 Å². The first-order valence-electron chi connectivity index (χ1n) is 9.57. The van der Waals surface area contributed by atoms with Crippen LogP contribution in [-0.2, 0) is 14.2 Å². The average Bonchev–Trinajstić information content (AvgIpc) is 2.61. The summed E-state index contributed by atoms with van der Waals surface area (Å²) in [5.41, 5.74) is 5.61. The van der Waals surface area contributed by atoms with Crippen LogP contribution in [0.3, 0.4) is 0 Å². The smallest absolute Gasteiger partial charge is 0.410 e. The highest BCUT2D eigenvalue weighted by molar-refractivity contribution is 14.0. The Balaban J connectivity index is 0.00000364. The number of hydrogen-bond donors (Lipinski definition) is 1. The second-order valence-electron chi connectivity index (χ2n) is 7.73. The van der Waals surface area contributed by atoms with Crippen LogP contribution in [0.4, 0.5) is 4.79 Å². The lowest BCUT2D eigenvalue weighted by molar-refractivity contribution is -0.0318. The predicted molar refractivity (Wildman–Crippen MR) is 116 cm³/mol. The molecule has 0 radical (unpaired) electrons. The molecule has 158 valence electrons. The van der Waals surface area contributed by atoms with Crippen LogP contribution in [0.25, 0.3) is 0 Å². The van der Waals surface area contributed by atoms with Gasteiger partial charge in [-0.25, -0.2) is 4.79 Å². The van der Waals surface area contributed by atoms with Gasteiger partial charge < -0.3 is 29.7 Å². The molecule has 0 aromatic rings. The van der Waals surface area contributed by atoms with Crippen molar-refractivity contribution in [2.75, 3.05) is 52.5 Å². The first-order chi connectivity index (χ1) is 12.3. The molecule has 27 heavy (non-hydrogen) atoms. The lowest BCUT2D eigenvalue weighted by atomic mass is 10.1. The predicted octanol–water partition coefficient (Wildman–Crippen LogP) is 2.06. The normalized spacial score (nSPS) is 19.6. The molecule has 0 unspecified atom stereocenters. The molecule has 2 fully saturated rings. The summed E-state index contributed by atoms with van der Waals surface area (Å²) in [6.45, 7) is 11.1. The van der Waals surface area contributed by atoms with Crippen molar-refractivity contribution in [1.82, 2.24) is 9.80 Å². The van der Waals surface area contributed by atoms with E-state index < -0.39 is 5.60 Å². The Hall–Kier alpha value is -0.810. The second-order valence-corrected chi connectivity index (χ2v) is 7.73. The van der Waals surface area contributed by atoms with Gasteiger partial charge in [-0.15, -0.1) is 24.0 Å². The molecular formula is C18H35IN4O4. The van der Waals surface area contributed by atoms with Crippen LogP contribution >= 0.6 is 24.0 Å². The van der Waals surface area contributed by atoms with Gasteiger partial charge in [0, 0.05) is 52.5 Å². The molecule has 0 bridgehead atoms. The number of amides is 1. The van der Waals surface area contributed by atoms with E-state index in [1.807, 2.05) is 25.7 Å². The number of ether oxygens (including phenoxy) is 3. The van der Waals surface area contributed by atoms with E-state index in [1.165, 1.54) is 0 Å². The molecule has 2 aliphatic rings. The van der Waals surface area contributed by atoms with Crippen LogP contribution in [0.15, 0.2) is 4.99 Å². The average molecular weight is 498 g/mol. The largest absolute Gasteiger partial charge is 0.444 e. The fourth-order valence-corrected chi connectivity index (χ4v) is 2.90. The standard InChI is InChI=1S/C18H34N4O4.HI/c1-18(2,3)26-17(23)22-10-8-21(9-11-22)16(19)20-7-4-12-25-15-5-13-24-14-6-15;/h15H,4-14H2,1-3H3,(H2,19,20);1H. The van der Waals surface area contributed by atoms with Gasteiger partial charge in [0.05, 0.1) is 6.10 Å². The third-order valence-corrected chi connectivity index (χ3v) is 4.35. The zero-order chi connectivity index (χ0) is 19.0. The van der Waals surface area contributed by atoms with E-state index in [0.717, 1.165) is 32.5 Å². The Morgan fingerprint density at radius 2 is 1.74 bits per heavy atom. The summed E-state index contributed by atoms with van der Waals surface area (Å²) in [7, 11) is 0. The van der Waals surface area contributed by atoms with Gasteiger partial charge in [0.25, 0.3) is 0 Å². The first-order valence-corrected chi connectivity index (χ1v) is 9.57. The van der Waals surface area contributed by atoms with E-state index in [2.05, 4.69) is 4.99 Å². The van der Waals surface area contributed by atoms with Crippen LogP contribution < -0.4 is 5.73 Å². The van der Waals surface area contributed by atoms with Gasteiger partial charge in [0.15, 0.2) is 5.96 Å². The summed E-state index contributed by atoms with van der Waals surface area (Å²) < 4.78 is 16.5. The second kappa shape index (κ2) is 11.9. The van der Waals surface area contributed by atoms with E-state index in [-0.39, 0.29) is 30.1 Å². The molecule has 1 amide bonds. The summed E-state index contributed by atoms with van der Waals surface area (Å²) in [6.07, 6.45) is 2.88. The molecule has 0 aromatic carbocycles. The molecule has 0 aromatic heterocycles. The molecule has 2 heterocycles. The molecule has 8 nitrogen and oxygen atoms in total. The van der Waals surface area contributed by atoms with Crippen molar-refractivity contribution in [1.29, 1.82) is 0 Å². The van der Waals surface area contributed by atoms with Gasteiger partial charge in [-0.3, -0.25) is 4.99 Å². The number of rotatable bonds is 5. The van der Waals surface area contributed by atoms with Crippen molar-refractivity contribution in [3.63, 3.8) is 0 Å². The summed E-state index contributed by atoms with van der Waals surface area (Å²) >= 11 is 0. The number of nitrogens with zero attached hydrogens (tertiary/aromatic N) is 3. The molecule has 2 N–H and O–H groups in total. The monoisotopic (exact) mass is 498 g/mol. The number of guanidine groups is 1. The van der Waals surface area contributed by atoms with Gasteiger partial charge in [0.2, 0.25) is 0 Å². The highest BCUT2D eigenvalue weighted by Crippen LogP contribution is 2.12. The highest BCUT2D eigenvalue weighted by atomic mass is 127. The van der Waals surface area contributed by atoms with Gasteiger partial charge in [-0.05, 0) is 40.0 Å². The highest BCUT2D eigenvalue weighted by Gasteiger charge is 2.26. The fraction of sp³-hybridized carbons (Fsp3) is 0.889. The van der Waals surface area contributed by atoms with E-state index >= 15 is 0 Å². The zero-order valence-corrected chi connectivity index (χ0v) is 19.1. The Kier molecular flexibility index (Phi) is 10.7. The van der Waals surface area contributed by atoms with Crippen LogP contribution in [-0.4, -0.2) is 86.1 Å². The van der Waals surface area contributed by atoms with Crippen molar-refractivity contribution in [3.8, 4) is 0 Å². The number of nitrogens with two attached hydrogens (primary N) is 1. The lowest BCUT2D eigenvalue weighted by Crippen LogP contribution is -2.53.